The van der Waals surface area contributed by atoms with E-state index in [1.807, 2.05) is 43.3 Å². The number of fused-ring (bicyclic) bond motifs is 1. The van der Waals surface area contributed by atoms with Crippen LogP contribution >= 0.6 is 0 Å². The molecule has 0 spiro atoms. The van der Waals surface area contributed by atoms with Crippen LogP contribution in [0.25, 0.3) is 0 Å². The number of anilines is 1. The number of hydrogen-bond acceptors (Lipinski definition) is 5. The first kappa shape index (κ1) is 18.2. The highest BCUT2D eigenvalue weighted by atomic mass is 32.2. The third-order valence-electron chi connectivity index (χ3n) is 4.40. The molecule has 1 aromatic carbocycles. The second kappa shape index (κ2) is 7.08. The van der Waals surface area contributed by atoms with Gasteiger partial charge in [0.2, 0.25) is 0 Å². The molecule has 28 heavy (non-hydrogen) atoms. The van der Waals surface area contributed by atoms with Gasteiger partial charge in [0.1, 0.15) is 11.7 Å². The third-order valence-corrected chi connectivity index (χ3v) is 5.57. The van der Waals surface area contributed by atoms with Crippen molar-refractivity contribution in [2.45, 2.75) is 13.5 Å². The van der Waals surface area contributed by atoms with Crippen molar-refractivity contribution in [3.63, 3.8) is 0 Å². The molecule has 4 rings (SSSR count). The van der Waals surface area contributed by atoms with E-state index in [4.69, 9.17) is 0 Å². The Morgan fingerprint density at radius 1 is 1.21 bits per heavy atom. The summed E-state index contributed by atoms with van der Waals surface area (Å²) in [4.78, 5) is 14.4. The zero-order valence-corrected chi connectivity index (χ0v) is 16.1. The Morgan fingerprint density at radius 3 is 2.79 bits per heavy atom. The Balaban J connectivity index is 1.52. The van der Waals surface area contributed by atoms with E-state index < -0.39 is 10.0 Å². The van der Waals surface area contributed by atoms with Crippen molar-refractivity contribution in [2.24, 2.45) is 4.40 Å². The van der Waals surface area contributed by atoms with Gasteiger partial charge in [-0.25, -0.2) is 13.1 Å². The van der Waals surface area contributed by atoms with Gasteiger partial charge in [0.15, 0.2) is 0 Å². The van der Waals surface area contributed by atoms with Crippen molar-refractivity contribution >= 4 is 27.6 Å². The smallest absolute Gasteiger partial charge is 0.258 e. The van der Waals surface area contributed by atoms with Gasteiger partial charge in [-0.1, -0.05) is 30.3 Å². The normalized spacial score (nSPS) is 17.5. The van der Waals surface area contributed by atoms with Crippen molar-refractivity contribution in [1.29, 1.82) is 0 Å². The average Bonchev–Trinajstić information content (AvgIpc) is 3.00. The fraction of sp³-hybridized carbons (Fsp3) is 0.211. The lowest BCUT2D eigenvalue weighted by molar-refractivity contribution is -0.112. The Kier molecular flexibility index (Phi) is 4.60. The zero-order valence-electron chi connectivity index (χ0n) is 15.2. The molecule has 1 N–H and O–H groups in total. The Bertz CT molecular complexity index is 1110. The van der Waals surface area contributed by atoms with Crippen molar-refractivity contribution in [3.8, 4) is 0 Å². The molecule has 3 heterocycles. The van der Waals surface area contributed by atoms with Gasteiger partial charge in [-0.3, -0.25) is 4.79 Å². The summed E-state index contributed by atoms with van der Waals surface area (Å²) in [5, 5.41) is 7.34. The highest BCUT2D eigenvalue weighted by Gasteiger charge is 2.25. The summed E-state index contributed by atoms with van der Waals surface area (Å²) in [5.74, 6) is 0.561. The van der Waals surface area contributed by atoms with E-state index in [-0.39, 0.29) is 18.2 Å². The topological polar surface area (TPSA) is 96.7 Å². The molecule has 8 nitrogen and oxygen atoms in total. The van der Waals surface area contributed by atoms with Crippen molar-refractivity contribution < 1.29 is 13.2 Å². The summed E-state index contributed by atoms with van der Waals surface area (Å²) in [5.41, 5.74) is 2.30. The molecule has 1 amide bonds. The molecule has 2 aliphatic heterocycles. The second-order valence-corrected chi connectivity index (χ2v) is 8.37. The number of benzene rings is 1. The summed E-state index contributed by atoms with van der Waals surface area (Å²) in [6.45, 7) is 2.68. The number of amidine groups is 1. The first-order valence-electron chi connectivity index (χ1n) is 8.78. The first-order valence-corrected chi connectivity index (χ1v) is 10.4. The maximum atomic E-state index is 12.7. The highest BCUT2D eigenvalue weighted by molar-refractivity contribution is 7.90. The standard InChI is InChI=1S/C19H19N5O3S/c1-14-11-18(24(21-14)12-15-5-3-2-4-6-15)20-19(25)16-7-8-17-22-28(26,27)10-9-23(17)13-16/h2-8,11,13H,9-10,12H2,1H3,(H,20,25). The number of nitrogens with zero attached hydrogens (tertiary/aromatic N) is 4. The van der Waals surface area contributed by atoms with E-state index in [0.717, 1.165) is 11.3 Å². The van der Waals surface area contributed by atoms with Crippen LogP contribution in [0.4, 0.5) is 5.82 Å². The number of sulfonamides is 1. The molecular formula is C19H19N5O3S. The molecule has 1 aromatic heterocycles. The minimum Gasteiger partial charge on any atom is -0.330 e. The number of aryl methyl sites for hydroxylation is 1. The van der Waals surface area contributed by atoms with Crippen LogP contribution in [0.1, 0.15) is 11.3 Å². The molecule has 2 aliphatic rings. The molecule has 0 aliphatic carbocycles. The maximum Gasteiger partial charge on any atom is 0.258 e. The van der Waals surface area contributed by atoms with E-state index in [1.54, 1.807) is 21.9 Å². The van der Waals surface area contributed by atoms with Gasteiger partial charge in [-0.05, 0) is 24.6 Å². The van der Waals surface area contributed by atoms with E-state index in [0.29, 0.717) is 23.8 Å². The SMILES string of the molecule is Cc1cc(NC(=O)C2=CN3CCS(=O)(=O)N=C3C=C2)n(Cc2ccccc2)n1. The third kappa shape index (κ3) is 3.89. The van der Waals surface area contributed by atoms with Crippen LogP contribution in [-0.2, 0) is 21.4 Å². The Labute approximate surface area is 162 Å². The molecule has 0 radical (unpaired) electrons. The minimum absolute atomic E-state index is 0.0707. The van der Waals surface area contributed by atoms with Gasteiger partial charge in [-0.2, -0.15) is 5.10 Å². The summed E-state index contributed by atoms with van der Waals surface area (Å²) in [6, 6.07) is 11.7. The molecule has 0 saturated carbocycles. The summed E-state index contributed by atoms with van der Waals surface area (Å²) in [6.07, 6.45) is 4.72. The lowest BCUT2D eigenvalue weighted by Crippen LogP contribution is -2.37. The van der Waals surface area contributed by atoms with Crippen LogP contribution in [-0.4, -0.2) is 47.1 Å². The number of nitrogens with one attached hydrogen (secondary N) is 1. The molecule has 0 fully saturated rings. The minimum atomic E-state index is -3.42. The fourth-order valence-electron chi connectivity index (χ4n) is 3.05. The predicted molar refractivity (Wildman–Crippen MR) is 106 cm³/mol. The van der Waals surface area contributed by atoms with E-state index in [1.165, 1.54) is 6.08 Å². The number of amides is 1. The zero-order chi connectivity index (χ0) is 19.7. The maximum absolute atomic E-state index is 12.7. The van der Waals surface area contributed by atoms with E-state index in [2.05, 4.69) is 14.8 Å². The van der Waals surface area contributed by atoms with Gasteiger partial charge in [0.05, 0.1) is 23.6 Å². The molecule has 2 aromatic rings. The molecule has 0 unspecified atom stereocenters. The van der Waals surface area contributed by atoms with Crippen LogP contribution in [0.3, 0.4) is 0 Å². The van der Waals surface area contributed by atoms with Gasteiger partial charge in [-0.15, -0.1) is 4.40 Å². The van der Waals surface area contributed by atoms with Crippen LogP contribution < -0.4 is 5.32 Å². The molecule has 144 valence electrons. The van der Waals surface area contributed by atoms with Crippen LogP contribution in [0.15, 0.2) is 64.7 Å². The number of carbonyl (C=O) groups is 1. The number of aromatic nitrogens is 2. The monoisotopic (exact) mass is 397 g/mol. The number of rotatable bonds is 4. The molecule has 9 heteroatoms. The highest BCUT2D eigenvalue weighted by Crippen LogP contribution is 2.18. The van der Waals surface area contributed by atoms with Crippen LogP contribution in [0.5, 0.6) is 0 Å². The van der Waals surface area contributed by atoms with Gasteiger partial charge in [0.25, 0.3) is 15.9 Å². The lowest BCUT2D eigenvalue weighted by Gasteiger charge is -2.26. The molecular weight excluding hydrogens is 378 g/mol. The fourth-order valence-corrected chi connectivity index (χ4v) is 4.02. The Morgan fingerprint density at radius 2 is 2.00 bits per heavy atom. The Hall–Kier alpha value is -3.20. The second-order valence-electron chi connectivity index (χ2n) is 6.62. The van der Waals surface area contributed by atoms with Gasteiger partial charge < -0.3 is 10.2 Å². The van der Waals surface area contributed by atoms with Crippen molar-refractivity contribution in [2.75, 3.05) is 17.6 Å². The molecule has 0 atom stereocenters. The van der Waals surface area contributed by atoms with E-state index >= 15 is 0 Å². The van der Waals surface area contributed by atoms with E-state index in [9.17, 15) is 13.2 Å². The quantitative estimate of drug-likeness (QED) is 0.847. The largest absolute Gasteiger partial charge is 0.330 e. The predicted octanol–water partition coefficient (Wildman–Crippen LogP) is 1.68. The average molecular weight is 397 g/mol. The number of carbonyl (C=O) groups excluding carboxylic acids is 1. The number of hydrogen-bond donors (Lipinski definition) is 1. The summed E-state index contributed by atoms with van der Waals surface area (Å²) in [7, 11) is -3.42. The van der Waals surface area contributed by atoms with Gasteiger partial charge in [0, 0.05) is 18.8 Å². The first-order chi connectivity index (χ1) is 13.4. The molecule has 0 saturated heterocycles. The summed E-state index contributed by atoms with van der Waals surface area (Å²) < 4.78 is 28.7. The summed E-state index contributed by atoms with van der Waals surface area (Å²) >= 11 is 0. The van der Waals surface area contributed by atoms with Crippen molar-refractivity contribution in [3.05, 3.63) is 71.6 Å². The molecule has 0 bridgehead atoms. The van der Waals surface area contributed by atoms with Crippen LogP contribution in [0, 0.1) is 6.92 Å². The van der Waals surface area contributed by atoms with Crippen molar-refractivity contribution in [1.82, 2.24) is 14.7 Å². The van der Waals surface area contributed by atoms with Crippen LogP contribution in [0.2, 0.25) is 0 Å². The lowest BCUT2D eigenvalue weighted by atomic mass is 10.2. The van der Waals surface area contributed by atoms with Gasteiger partial charge >= 0.3 is 0 Å².